The maximum Gasteiger partial charge on any atom is 0.189 e. The van der Waals surface area contributed by atoms with Crippen LogP contribution in [0.1, 0.15) is 5.69 Å². The lowest BCUT2D eigenvalue weighted by atomic mass is 10.3. The van der Waals surface area contributed by atoms with Crippen LogP contribution in [-0.2, 0) is 0 Å². The summed E-state index contributed by atoms with van der Waals surface area (Å²) in [6, 6.07) is 1.64. The van der Waals surface area contributed by atoms with Gasteiger partial charge in [0.05, 0.1) is 6.33 Å². The number of hydrogen-bond acceptors (Lipinski definition) is 4. The molecule has 5 heteroatoms. The van der Waals surface area contributed by atoms with Gasteiger partial charge in [0.2, 0.25) is 0 Å². The molecule has 0 spiro atoms. The first-order valence-electron chi connectivity index (χ1n) is 3.50. The molecule has 2 heterocycles. The van der Waals surface area contributed by atoms with E-state index in [2.05, 4.69) is 15.1 Å². The third kappa shape index (κ3) is 0.952. The molecule has 3 N–H and O–H groups in total. The van der Waals surface area contributed by atoms with Crippen LogP contribution in [0.4, 0.5) is 5.82 Å². The van der Waals surface area contributed by atoms with Gasteiger partial charge in [0, 0.05) is 11.8 Å². The number of nitrogens with two attached hydrogens (primary N) is 1. The van der Waals surface area contributed by atoms with E-state index in [1.807, 2.05) is 6.92 Å². The number of aromatic amines is 1. The van der Waals surface area contributed by atoms with Gasteiger partial charge in [-0.1, -0.05) is 5.16 Å². The number of hydrogen-bond donors (Lipinski definition) is 2. The number of imidazole rings is 1. The number of nitrogens with one attached hydrogen (secondary N) is 1. The molecule has 0 atom stereocenters. The second-order valence-electron chi connectivity index (χ2n) is 2.49. The predicted octanol–water partition coefficient (Wildman–Crippen LogP) is 0.955. The number of aromatic nitrogens is 3. The van der Waals surface area contributed by atoms with Gasteiger partial charge in [-0.05, 0) is 6.92 Å². The van der Waals surface area contributed by atoms with Crippen molar-refractivity contribution in [2.75, 3.05) is 5.73 Å². The molecular weight excluding hydrogens is 156 g/mol. The predicted molar refractivity (Wildman–Crippen MR) is 43.2 cm³/mol. The lowest BCUT2D eigenvalue weighted by molar-refractivity contribution is 0.434. The summed E-state index contributed by atoms with van der Waals surface area (Å²) in [6.07, 6.45) is 1.60. The first kappa shape index (κ1) is 6.90. The molecule has 0 aliphatic rings. The SMILES string of the molecule is Cc1[nH]cnc1-c1cc(N)no1. The third-order valence-corrected chi connectivity index (χ3v) is 1.59. The normalized spacial score (nSPS) is 10.4. The molecule has 0 amide bonds. The van der Waals surface area contributed by atoms with E-state index in [1.165, 1.54) is 0 Å². The molecule has 0 aliphatic heterocycles. The van der Waals surface area contributed by atoms with Crippen LogP contribution < -0.4 is 5.73 Å². The maximum absolute atomic E-state index is 5.39. The highest BCUT2D eigenvalue weighted by Crippen LogP contribution is 2.20. The average molecular weight is 164 g/mol. The van der Waals surface area contributed by atoms with Gasteiger partial charge < -0.3 is 15.2 Å². The first-order valence-corrected chi connectivity index (χ1v) is 3.50. The van der Waals surface area contributed by atoms with E-state index < -0.39 is 0 Å². The van der Waals surface area contributed by atoms with Crippen molar-refractivity contribution in [3.05, 3.63) is 18.1 Å². The molecule has 0 saturated heterocycles. The number of nitrogen functional groups attached to an aromatic ring is 1. The summed E-state index contributed by atoms with van der Waals surface area (Å²) >= 11 is 0. The first-order chi connectivity index (χ1) is 5.77. The summed E-state index contributed by atoms with van der Waals surface area (Å²) in [7, 11) is 0. The summed E-state index contributed by atoms with van der Waals surface area (Å²) in [5.41, 5.74) is 7.08. The minimum Gasteiger partial charge on any atom is -0.381 e. The van der Waals surface area contributed by atoms with Crippen LogP contribution in [0.15, 0.2) is 16.9 Å². The Morgan fingerprint density at radius 2 is 2.42 bits per heavy atom. The highest BCUT2D eigenvalue weighted by atomic mass is 16.5. The Morgan fingerprint density at radius 1 is 1.58 bits per heavy atom. The fraction of sp³-hybridized carbons (Fsp3) is 0.143. The lowest BCUT2D eigenvalue weighted by Gasteiger charge is -1.87. The summed E-state index contributed by atoms with van der Waals surface area (Å²) < 4.78 is 4.93. The van der Waals surface area contributed by atoms with Gasteiger partial charge in [0.1, 0.15) is 5.69 Å². The van der Waals surface area contributed by atoms with E-state index in [1.54, 1.807) is 12.4 Å². The highest BCUT2D eigenvalue weighted by Gasteiger charge is 2.09. The standard InChI is InChI=1S/C7H8N4O/c1-4-7(10-3-9-4)5-2-6(8)11-12-5/h2-3H,1H3,(H2,8,11)(H,9,10). The van der Waals surface area contributed by atoms with Gasteiger partial charge in [-0.3, -0.25) is 0 Å². The number of rotatable bonds is 1. The van der Waals surface area contributed by atoms with E-state index in [0.717, 1.165) is 11.4 Å². The van der Waals surface area contributed by atoms with Crippen molar-refractivity contribution in [3.63, 3.8) is 0 Å². The molecule has 62 valence electrons. The largest absolute Gasteiger partial charge is 0.381 e. The third-order valence-electron chi connectivity index (χ3n) is 1.59. The van der Waals surface area contributed by atoms with Crippen molar-refractivity contribution in [3.8, 4) is 11.5 Å². The zero-order valence-corrected chi connectivity index (χ0v) is 6.53. The van der Waals surface area contributed by atoms with E-state index in [-0.39, 0.29) is 0 Å². The Kier molecular flexibility index (Phi) is 1.36. The van der Waals surface area contributed by atoms with E-state index in [4.69, 9.17) is 10.3 Å². The Bertz CT molecular complexity index is 390. The van der Waals surface area contributed by atoms with Crippen LogP contribution in [-0.4, -0.2) is 15.1 Å². The van der Waals surface area contributed by atoms with Gasteiger partial charge in [0.15, 0.2) is 11.6 Å². The van der Waals surface area contributed by atoms with Gasteiger partial charge in [-0.25, -0.2) is 4.98 Å². The van der Waals surface area contributed by atoms with E-state index in [9.17, 15) is 0 Å². The molecule has 0 aliphatic carbocycles. The zero-order valence-electron chi connectivity index (χ0n) is 6.53. The Balaban J connectivity index is 2.50. The fourth-order valence-electron chi connectivity index (χ4n) is 1.01. The van der Waals surface area contributed by atoms with Gasteiger partial charge in [-0.15, -0.1) is 0 Å². The summed E-state index contributed by atoms with van der Waals surface area (Å²) in [5, 5.41) is 3.56. The molecule has 0 unspecified atom stereocenters. The molecule has 0 aromatic carbocycles. The van der Waals surface area contributed by atoms with Crippen LogP contribution in [0.2, 0.25) is 0 Å². The topological polar surface area (TPSA) is 80.7 Å². The van der Waals surface area contributed by atoms with Crippen molar-refractivity contribution < 1.29 is 4.52 Å². The van der Waals surface area contributed by atoms with Crippen LogP contribution in [0.25, 0.3) is 11.5 Å². The van der Waals surface area contributed by atoms with Crippen molar-refractivity contribution in [2.45, 2.75) is 6.92 Å². The molecule has 0 saturated carbocycles. The van der Waals surface area contributed by atoms with Crippen LogP contribution in [0.5, 0.6) is 0 Å². The number of nitrogens with zero attached hydrogens (tertiary/aromatic N) is 2. The highest BCUT2D eigenvalue weighted by molar-refractivity contribution is 5.57. The molecule has 2 rings (SSSR count). The minimum atomic E-state index is 0.368. The summed E-state index contributed by atoms with van der Waals surface area (Å²) in [4.78, 5) is 6.99. The Labute approximate surface area is 68.6 Å². The zero-order chi connectivity index (χ0) is 8.55. The van der Waals surface area contributed by atoms with Gasteiger partial charge >= 0.3 is 0 Å². The minimum absolute atomic E-state index is 0.368. The van der Waals surface area contributed by atoms with Gasteiger partial charge in [-0.2, -0.15) is 0 Å². The smallest absolute Gasteiger partial charge is 0.189 e. The summed E-state index contributed by atoms with van der Waals surface area (Å²) in [5.74, 6) is 0.957. The molecule has 0 bridgehead atoms. The van der Waals surface area contributed by atoms with E-state index in [0.29, 0.717) is 11.6 Å². The van der Waals surface area contributed by atoms with Gasteiger partial charge in [0.25, 0.3) is 0 Å². The van der Waals surface area contributed by atoms with Crippen LogP contribution >= 0.6 is 0 Å². The molecule has 12 heavy (non-hydrogen) atoms. The number of aryl methyl sites for hydroxylation is 1. The van der Waals surface area contributed by atoms with Crippen molar-refractivity contribution in [2.24, 2.45) is 0 Å². The van der Waals surface area contributed by atoms with Crippen molar-refractivity contribution in [1.29, 1.82) is 0 Å². The maximum atomic E-state index is 5.39. The number of anilines is 1. The molecule has 5 nitrogen and oxygen atoms in total. The van der Waals surface area contributed by atoms with Crippen LogP contribution in [0, 0.1) is 6.92 Å². The molecule has 2 aromatic rings. The lowest BCUT2D eigenvalue weighted by Crippen LogP contribution is -1.80. The number of H-pyrrole nitrogens is 1. The second kappa shape index (κ2) is 2.37. The Morgan fingerprint density at radius 3 is 2.92 bits per heavy atom. The fourth-order valence-corrected chi connectivity index (χ4v) is 1.01. The van der Waals surface area contributed by atoms with Crippen molar-refractivity contribution in [1.82, 2.24) is 15.1 Å². The average Bonchev–Trinajstić information content (AvgIpc) is 2.58. The van der Waals surface area contributed by atoms with Crippen LogP contribution in [0.3, 0.4) is 0 Å². The molecule has 0 radical (unpaired) electrons. The molecule has 0 fully saturated rings. The summed E-state index contributed by atoms with van der Waals surface area (Å²) in [6.45, 7) is 1.90. The second-order valence-corrected chi connectivity index (χ2v) is 2.49. The monoisotopic (exact) mass is 164 g/mol. The Hall–Kier alpha value is -1.78. The quantitative estimate of drug-likeness (QED) is 0.657. The molecular formula is C7H8N4O. The van der Waals surface area contributed by atoms with E-state index >= 15 is 0 Å². The molecule has 2 aromatic heterocycles. The van der Waals surface area contributed by atoms with Crippen molar-refractivity contribution >= 4 is 5.82 Å².